The zero-order valence-electron chi connectivity index (χ0n) is 8.75. The number of aromatic nitrogens is 1. The second kappa shape index (κ2) is 5.47. The van der Waals surface area contributed by atoms with Crippen molar-refractivity contribution in [2.75, 3.05) is 5.32 Å². The molecule has 88 valence electrons. The zero-order chi connectivity index (χ0) is 12.3. The third-order valence-electron chi connectivity index (χ3n) is 2.21. The van der Waals surface area contributed by atoms with Crippen LogP contribution < -0.4 is 5.32 Å². The Kier molecular flexibility index (Phi) is 3.97. The van der Waals surface area contributed by atoms with Crippen molar-refractivity contribution in [3.63, 3.8) is 0 Å². The lowest BCUT2D eigenvalue weighted by molar-refractivity contribution is 0.613. The number of pyridine rings is 1. The van der Waals surface area contributed by atoms with Gasteiger partial charge in [0.15, 0.2) is 0 Å². The number of hydrogen-bond donors (Lipinski definition) is 1. The van der Waals surface area contributed by atoms with E-state index in [2.05, 4.69) is 26.2 Å². The SMILES string of the molecule is Fc1ccccc1CNc1ncc(Cl)cc1Br. The Labute approximate surface area is 112 Å². The summed E-state index contributed by atoms with van der Waals surface area (Å²) in [4.78, 5) is 4.11. The highest BCUT2D eigenvalue weighted by Crippen LogP contribution is 2.23. The summed E-state index contributed by atoms with van der Waals surface area (Å²) in [5.41, 5.74) is 0.594. The largest absolute Gasteiger partial charge is 0.365 e. The topological polar surface area (TPSA) is 24.9 Å². The van der Waals surface area contributed by atoms with Crippen molar-refractivity contribution < 1.29 is 4.39 Å². The molecule has 0 unspecified atom stereocenters. The van der Waals surface area contributed by atoms with E-state index < -0.39 is 0 Å². The summed E-state index contributed by atoms with van der Waals surface area (Å²) in [6.07, 6.45) is 1.54. The third kappa shape index (κ3) is 3.17. The van der Waals surface area contributed by atoms with Gasteiger partial charge in [-0.1, -0.05) is 29.8 Å². The molecule has 2 aromatic rings. The molecular weight excluding hydrogens is 307 g/mol. The van der Waals surface area contributed by atoms with Crippen LogP contribution in [-0.2, 0) is 6.54 Å². The zero-order valence-corrected chi connectivity index (χ0v) is 11.1. The molecule has 17 heavy (non-hydrogen) atoms. The van der Waals surface area contributed by atoms with E-state index in [9.17, 15) is 4.39 Å². The lowest BCUT2D eigenvalue weighted by Crippen LogP contribution is -2.03. The molecule has 0 aliphatic rings. The Bertz CT molecular complexity index is 534. The lowest BCUT2D eigenvalue weighted by Gasteiger charge is -2.08. The molecule has 0 spiro atoms. The Morgan fingerprint density at radius 1 is 1.35 bits per heavy atom. The van der Waals surface area contributed by atoms with E-state index in [0.29, 0.717) is 22.9 Å². The Hall–Kier alpha value is -1.13. The van der Waals surface area contributed by atoms with Crippen LogP contribution >= 0.6 is 27.5 Å². The number of anilines is 1. The number of halogens is 3. The minimum Gasteiger partial charge on any atom is -0.365 e. The smallest absolute Gasteiger partial charge is 0.140 e. The first-order valence-corrected chi connectivity index (χ1v) is 6.12. The van der Waals surface area contributed by atoms with E-state index in [0.717, 1.165) is 4.47 Å². The van der Waals surface area contributed by atoms with Crippen LogP contribution in [0.2, 0.25) is 5.02 Å². The first kappa shape index (κ1) is 12.3. The molecule has 0 aliphatic carbocycles. The highest BCUT2D eigenvalue weighted by Gasteiger charge is 2.04. The van der Waals surface area contributed by atoms with Crippen molar-refractivity contribution in [3.8, 4) is 0 Å². The molecule has 1 N–H and O–H groups in total. The van der Waals surface area contributed by atoms with Gasteiger partial charge in [0.2, 0.25) is 0 Å². The summed E-state index contributed by atoms with van der Waals surface area (Å²) in [5, 5.41) is 3.59. The van der Waals surface area contributed by atoms with Crippen molar-refractivity contribution in [1.29, 1.82) is 0 Å². The fourth-order valence-corrected chi connectivity index (χ4v) is 2.14. The first-order valence-electron chi connectivity index (χ1n) is 4.95. The van der Waals surface area contributed by atoms with E-state index in [1.165, 1.54) is 12.3 Å². The third-order valence-corrected chi connectivity index (χ3v) is 3.02. The fraction of sp³-hybridized carbons (Fsp3) is 0.0833. The predicted molar refractivity (Wildman–Crippen MR) is 70.7 cm³/mol. The van der Waals surface area contributed by atoms with Crippen molar-refractivity contribution in [1.82, 2.24) is 4.98 Å². The van der Waals surface area contributed by atoms with Gasteiger partial charge in [-0.05, 0) is 28.1 Å². The number of benzene rings is 1. The van der Waals surface area contributed by atoms with E-state index in [4.69, 9.17) is 11.6 Å². The minimum absolute atomic E-state index is 0.231. The van der Waals surface area contributed by atoms with Gasteiger partial charge in [0.1, 0.15) is 11.6 Å². The van der Waals surface area contributed by atoms with E-state index >= 15 is 0 Å². The standard InChI is InChI=1S/C12H9BrClFN2/c13-10-5-9(14)7-17-12(10)16-6-8-3-1-2-4-11(8)15/h1-5,7H,6H2,(H,16,17). The Balaban J connectivity index is 2.10. The van der Waals surface area contributed by atoms with Gasteiger partial charge < -0.3 is 5.32 Å². The monoisotopic (exact) mass is 314 g/mol. The molecule has 0 radical (unpaired) electrons. The molecule has 2 rings (SSSR count). The molecule has 2 nitrogen and oxygen atoms in total. The molecule has 1 aromatic carbocycles. The van der Waals surface area contributed by atoms with Crippen LogP contribution in [0, 0.1) is 5.82 Å². The second-order valence-electron chi connectivity index (χ2n) is 3.43. The summed E-state index contributed by atoms with van der Waals surface area (Å²) in [6, 6.07) is 8.35. The highest BCUT2D eigenvalue weighted by molar-refractivity contribution is 9.10. The maximum absolute atomic E-state index is 13.4. The van der Waals surface area contributed by atoms with Gasteiger partial charge in [-0.2, -0.15) is 0 Å². The summed E-state index contributed by atoms with van der Waals surface area (Å²) >= 11 is 9.12. The molecule has 1 aromatic heterocycles. The molecule has 0 fully saturated rings. The van der Waals surface area contributed by atoms with E-state index in [1.807, 2.05) is 0 Å². The molecule has 0 saturated heterocycles. The van der Waals surface area contributed by atoms with Gasteiger partial charge in [0, 0.05) is 18.3 Å². The van der Waals surface area contributed by atoms with Gasteiger partial charge in [-0.3, -0.25) is 0 Å². The van der Waals surface area contributed by atoms with Crippen LogP contribution in [0.4, 0.5) is 10.2 Å². The van der Waals surface area contributed by atoms with Crippen LogP contribution in [0.5, 0.6) is 0 Å². The van der Waals surface area contributed by atoms with Crippen LogP contribution in [-0.4, -0.2) is 4.98 Å². The molecule has 0 aliphatic heterocycles. The van der Waals surface area contributed by atoms with Crippen molar-refractivity contribution in [2.24, 2.45) is 0 Å². The number of hydrogen-bond acceptors (Lipinski definition) is 2. The Morgan fingerprint density at radius 3 is 2.82 bits per heavy atom. The van der Waals surface area contributed by atoms with E-state index in [1.54, 1.807) is 24.3 Å². The van der Waals surface area contributed by atoms with Gasteiger partial charge in [0.05, 0.1) is 9.50 Å². The molecule has 0 atom stereocenters. The lowest BCUT2D eigenvalue weighted by atomic mass is 10.2. The van der Waals surface area contributed by atoms with Gasteiger partial charge >= 0.3 is 0 Å². The maximum atomic E-state index is 13.4. The van der Waals surface area contributed by atoms with Crippen LogP contribution in [0.1, 0.15) is 5.56 Å². The van der Waals surface area contributed by atoms with Gasteiger partial charge in [0.25, 0.3) is 0 Å². The molecular formula is C12H9BrClFN2. The normalized spacial score (nSPS) is 10.3. The quantitative estimate of drug-likeness (QED) is 0.916. The van der Waals surface area contributed by atoms with Crippen LogP contribution in [0.3, 0.4) is 0 Å². The van der Waals surface area contributed by atoms with Gasteiger partial charge in [-0.25, -0.2) is 9.37 Å². The molecule has 1 heterocycles. The van der Waals surface area contributed by atoms with E-state index in [-0.39, 0.29) is 5.82 Å². The average Bonchev–Trinajstić information content (AvgIpc) is 2.30. The second-order valence-corrected chi connectivity index (χ2v) is 4.72. The molecule has 5 heteroatoms. The van der Waals surface area contributed by atoms with Crippen molar-refractivity contribution in [2.45, 2.75) is 6.54 Å². The number of nitrogens with one attached hydrogen (secondary N) is 1. The predicted octanol–water partition coefficient (Wildman–Crippen LogP) is 4.25. The summed E-state index contributed by atoms with van der Waals surface area (Å²) in [6.45, 7) is 0.375. The summed E-state index contributed by atoms with van der Waals surface area (Å²) in [7, 11) is 0. The average molecular weight is 316 g/mol. The Morgan fingerprint density at radius 2 is 2.12 bits per heavy atom. The number of rotatable bonds is 3. The van der Waals surface area contributed by atoms with Gasteiger partial charge in [-0.15, -0.1) is 0 Å². The van der Waals surface area contributed by atoms with Crippen LogP contribution in [0.15, 0.2) is 41.0 Å². The molecule has 0 amide bonds. The minimum atomic E-state index is -0.231. The highest BCUT2D eigenvalue weighted by atomic mass is 79.9. The molecule has 0 saturated carbocycles. The summed E-state index contributed by atoms with van der Waals surface area (Å²) in [5.74, 6) is 0.405. The first-order chi connectivity index (χ1) is 8.16. The van der Waals surface area contributed by atoms with Crippen molar-refractivity contribution >= 4 is 33.3 Å². The van der Waals surface area contributed by atoms with Crippen LogP contribution in [0.25, 0.3) is 0 Å². The maximum Gasteiger partial charge on any atom is 0.140 e. The van der Waals surface area contributed by atoms with Crippen molar-refractivity contribution in [3.05, 3.63) is 57.4 Å². The molecule has 0 bridgehead atoms. The number of nitrogens with zero attached hydrogens (tertiary/aromatic N) is 1. The fourth-order valence-electron chi connectivity index (χ4n) is 1.37. The summed E-state index contributed by atoms with van der Waals surface area (Å²) < 4.78 is 14.1.